The Balaban J connectivity index is 2.41. The predicted molar refractivity (Wildman–Crippen MR) is 73.4 cm³/mol. The van der Waals surface area contributed by atoms with Crippen molar-refractivity contribution in [2.75, 3.05) is 39.3 Å². The molecule has 0 saturated heterocycles. The van der Waals surface area contributed by atoms with Crippen LogP contribution in [0.5, 0.6) is 0 Å². The van der Waals surface area contributed by atoms with E-state index in [-0.39, 0.29) is 12.5 Å². The number of carbonyl (C=O) groups is 1. The summed E-state index contributed by atoms with van der Waals surface area (Å²) < 4.78 is 4.80. The second kappa shape index (κ2) is 7.70. The maximum Gasteiger partial charge on any atom is 0.252 e. The smallest absolute Gasteiger partial charge is 0.252 e. The average Bonchev–Trinajstić information content (AvgIpc) is 2.39. The molecule has 1 amide bonds. The summed E-state index contributed by atoms with van der Waals surface area (Å²) >= 11 is 0. The number of aliphatic hydroxyl groups excluding tert-OH is 1. The van der Waals surface area contributed by atoms with Gasteiger partial charge in [0.1, 0.15) is 5.82 Å². The third-order valence-corrected chi connectivity index (χ3v) is 2.59. The number of amides is 1. The third kappa shape index (κ3) is 5.23. The first-order valence-electron chi connectivity index (χ1n) is 6.13. The number of rotatable bonds is 7. The second-order valence-electron chi connectivity index (χ2n) is 4.45. The molecule has 0 aliphatic carbocycles. The van der Waals surface area contributed by atoms with Crippen molar-refractivity contribution >= 4 is 11.7 Å². The van der Waals surface area contributed by atoms with Crippen molar-refractivity contribution in [1.29, 1.82) is 0 Å². The van der Waals surface area contributed by atoms with Crippen LogP contribution >= 0.6 is 0 Å². The maximum absolute atomic E-state index is 11.8. The summed E-state index contributed by atoms with van der Waals surface area (Å²) in [6.45, 7) is 0.674. The Kier molecular flexibility index (Phi) is 6.24. The Morgan fingerprint density at radius 1 is 1.53 bits per heavy atom. The van der Waals surface area contributed by atoms with Crippen LogP contribution in [0.15, 0.2) is 18.3 Å². The molecule has 1 atom stereocenters. The van der Waals surface area contributed by atoms with Gasteiger partial charge in [-0.2, -0.15) is 0 Å². The fourth-order valence-electron chi connectivity index (χ4n) is 1.52. The van der Waals surface area contributed by atoms with Gasteiger partial charge in [-0.1, -0.05) is 0 Å². The topological polar surface area (TPSA) is 74.7 Å². The van der Waals surface area contributed by atoms with E-state index in [1.165, 1.54) is 13.3 Å². The minimum absolute atomic E-state index is 0.192. The van der Waals surface area contributed by atoms with E-state index in [0.717, 1.165) is 5.82 Å². The molecular formula is C13H21N3O3. The third-order valence-electron chi connectivity index (χ3n) is 2.59. The second-order valence-corrected chi connectivity index (χ2v) is 4.45. The standard InChI is InChI=1S/C13H21N3O3/c1-16(2)12-5-4-10(8-15-12)13(18)14-7-6-11(17)9-19-3/h4-5,8,11,17H,6-7,9H2,1-3H3,(H,14,18). The quantitative estimate of drug-likeness (QED) is 0.742. The van der Waals surface area contributed by atoms with Gasteiger partial charge in [0.2, 0.25) is 0 Å². The van der Waals surface area contributed by atoms with Crippen molar-refractivity contribution in [3.63, 3.8) is 0 Å². The maximum atomic E-state index is 11.8. The summed E-state index contributed by atoms with van der Waals surface area (Å²) in [7, 11) is 5.30. The van der Waals surface area contributed by atoms with Crippen molar-refractivity contribution in [2.24, 2.45) is 0 Å². The highest BCUT2D eigenvalue weighted by molar-refractivity contribution is 5.94. The first kappa shape index (κ1) is 15.4. The SMILES string of the molecule is COCC(O)CCNC(=O)c1ccc(N(C)C)nc1. The molecule has 1 rings (SSSR count). The Hall–Kier alpha value is -1.66. The fraction of sp³-hybridized carbons (Fsp3) is 0.538. The van der Waals surface area contributed by atoms with Gasteiger partial charge in [-0.3, -0.25) is 4.79 Å². The zero-order valence-electron chi connectivity index (χ0n) is 11.6. The molecule has 0 spiro atoms. The lowest BCUT2D eigenvalue weighted by Gasteiger charge is -2.12. The van der Waals surface area contributed by atoms with Crippen LogP contribution in [0.1, 0.15) is 16.8 Å². The Morgan fingerprint density at radius 2 is 2.26 bits per heavy atom. The molecule has 1 aromatic rings. The fourth-order valence-corrected chi connectivity index (χ4v) is 1.52. The van der Waals surface area contributed by atoms with Gasteiger partial charge in [0.15, 0.2) is 0 Å². The molecule has 1 heterocycles. The number of methoxy groups -OCH3 is 1. The molecule has 0 radical (unpaired) electrons. The lowest BCUT2D eigenvalue weighted by atomic mass is 10.2. The molecule has 2 N–H and O–H groups in total. The molecule has 19 heavy (non-hydrogen) atoms. The van der Waals surface area contributed by atoms with Crippen LogP contribution < -0.4 is 10.2 Å². The summed E-state index contributed by atoms with van der Waals surface area (Å²) in [4.78, 5) is 17.8. The predicted octanol–water partition coefficient (Wildman–Crippen LogP) is 0.275. The summed E-state index contributed by atoms with van der Waals surface area (Å²) in [5.74, 6) is 0.606. The zero-order chi connectivity index (χ0) is 14.3. The summed E-state index contributed by atoms with van der Waals surface area (Å²) in [5, 5.41) is 12.2. The minimum Gasteiger partial charge on any atom is -0.391 e. The Bertz CT molecular complexity index is 393. The largest absolute Gasteiger partial charge is 0.391 e. The lowest BCUT2D eigenvalue weighted by molar-refractivity contribution is 0.0587. The van der Waals surface area contributed by atoms with E-state index in [1.807, 2.05) is 19.0 Å². The molecule has 0 fully saturated rings. The van der Waals surface area contributed by atoms with Gasteiger partial charge in [0.05, 0.1) is 18.3 Å². The van der Waals surface area contributed by atoms with Gasteiger partial charge in [-0.25, -0.2) is 4.98 Å². The average molecular weight is 267 g/mol. The summed E-state index contributed by atoms with van der Waals surface area (Å²) in [6.07, 6.45) is 1.44. The Morgan fingerprint density at radius 3 is 2.79 bits per heavy atom. The van der Waals surface area contributed by atoms with Crippen molar-refractivity contribution < 1.29 is 14.6 Å². The molecule has 106 valence electrons. The highest BCUT2D eigenvalue weighted by Crippen LogP contribution is 2.07. The van der Waals surface area contributed by atoms with Gasteiger partial charge >= 0.3 is 0 Å². The molecule has 1 aromatic heterocycles. The van der Waals surface area contributed by atoms with E-state index in [9.17, 15) is 9.90 Å². The van der Waals surface area contributed by atoms with Gasteiger partial charge in [-0.15, -0.1) is 0 Å². The number of aliphatic hydroxyl groups is 1. The number of hydrogen-bond donors (Lipinski definition) is 2. The molecule has 0 aliphatic rings. The number of aromatic nitrogens is 1. The van der Waals surface area contributed by atoms with E-state index >= 15 is 0 Å². The van der Waals surface area contributed by atoms with Crippen LogP contribution in [0.3, 0.4) is 0 Å². The van der Waals surface area contributed by atoms with E-state index < -0.39 is 6.10 Å². The highest BCUT2D eigenvalue weighted by Gasteiger charge is 2.08. The first-order chi connectivity index (χ1) is 9.04. The van der Waals surface area contributed by atoms with Crippen molar-refractivity contribution in [2.45, 2.75) is 12.5 Å². The van der Waals surface area contributed by atoms with Gasteiger partial charge < -0.3 is 20.1 Å². The molecule has 6 heteroatoms. The highest BCUT2D eigenvalue weighted by atomic mass is 16.5. The number of ether oxygens (including phenoxy) is 1. The van der Waals surface area contributed by atoms with Gasteiger partial charge in [0.25, 0.3) is 5.91 Å². The van der Waals surface area contributed by atoms with Crippen LogP contribution in [0.25, 0.3) is 0 Å². The van der Waals surface area contributed by atoms with E-state index in [4.69, 9.17) is 4.74 Å². The van der Waals surface area contributed by atoms with Crippen molar-refractivity contribution in [1.82, 2.24) is 10.3 Å². The van der Waals surface area contributed by atoms with E-state index in [0.29, 0.717) is 18.5 Å². The van der Waals surface area contributed by atoms with Crippen LogP contribution in [-0.4, -0.2) is 56.5 Å². The molecule has 0 saturated carbocycles. The molecule has 0 aliphatic heterocycles. The lowest BCUT2D eigenvalue weighted by Crippen LogP contribution is -2.28. The summed E-state index contributed by atoms with van der Waals surface area (Å²) in [6, 6.07) is 3.51. The van der Waals surface area contributed by atoms with Crippen LogP contribution in [0.2, 0.25) is 0 Å². The van der Waals surface area contributed by atoms with Crippen molar-refractivity contribution in [3.8, 4) is 0 Å². The number of pyridine rings is 1. The van der Waals surface area contributed by atoms with Crippen LogP contribution in [0, 0.1) is 0 Å². The molecule has 6 nitrogen and oxygen atoms in total. The summed E-state index contributed by atoms with van der Waals surface area (Å²) in [5.41, 5.74) is 0.506. The van der Waals surface area contributed by atoms with E-state index in [1.54, 1.807) is 12.1 Å². The number of anilines is 1. The number of hydrogen-bond acceptors (Lipinski definition) is 5. The van der Waals surface area contributed by atoms with E-state index in [2.05, 4.69) is 10.3 Å². The first-order valence-corrected chi connectivity index (χ1v) is 6.13. The zero-order valence-corrected chi connectivity index (χ0v) is 11.6. The molecular weight excluding hydrogens is 246 g/mol. The number of carbonyl (C=O) groups excluding carboxylic acids is 1. The molecule has 0 bridgehead atoms. The number of nitrogens with zero attached hydrogens (tertiary/aromatic N) is 2. The van der Waals surface area contributed by atoms with Crippen molar-refractivity contribution in [3.05, 3.63) is 23.9 Å². The normalized spacial score (nSPS) is 12.0. The minimum atomic E-state index is -0.556. The van der Waals surface area contributed by atoms with Gasteiger partial charge in [-0.05, 0) is 18.6 Å². The van der Waals surface area contributed by atoms with Crippen LogP contribution in [-0.2, 0) is 4.74 Å². The number of nitrogens with one attached hydrogen (secondary N) is 1. The molecule has 0 aromatic carbocycles. The molecule has 1 unspecified atom stereocenters. The monoisotopic (exact) mass is 267 g/mol. The Labute approximate surface area is 113 Å². The van der Waals surface area contributed by atoms with Crippen LogP contribution in [0.4, 0.5) is 5.82 Å². The van der Waals surface area contributed by atoms with Gasteiger partial charge in [0, 0.05) is 33.9 Å².